The minimum absolute atomic E-state index is 0.0144. The lowest BCUT2D eigenvalue weighted by molar-refractivity contribution is -0.321. The molecule has 0 aromatic rings. The highest BCUT2D eigenvalue weighted by molar-refractivity contribution is 8.02. The maximum Gasteiger partial charge on any atom is 0.615 e. The molecule has 9 nitrogen and oxygen atoms in total. The lowest BCUT2D eigenvalue weighted by Crippen LogP contribution is -2.60. The highest BCUT2D eigenvalue weighted by Gasteiger charge is 2.66. The number of carbonyl (C=O) groups excluding carboxylic acids is 2. The maximum atomic E-state index is 12.4. The van der Waals surface area contributed by atoms with Crippen molar-refractivity contribution in [1.29, 1.82) is 0 Å². The number of hydrogen-bond acceptors (Lipinski definition) is 10. The predicted molar refractivity (Wildman–Crippen MR) is 119 cm³/mol. The van der Waals surface area contributed by atoms with E-state index in [0.717, 1.165) is 11.8 Å². The number of fused-ring (bicyclic) bond motifs is 1. The molecule has 0 unspecified atom stereocenters. The van der Waals surface area contributed by atoms with Crippen LogP contribution in [0.2, 0.25) is 18.1 Å². The van der Waals surface area contributed by atoms with Gasteiger partial charge in [-0.15, -0.1) is 11.8 Å². The summed E-state index contributed by atoms with van der Waals surface area (Å²) in [5, 5.41) is 10.6. The van der Waals surface area contributed by atoms with Crippen LogP contribution in [0, 0.1) is 0 Å². The Labute approximate surface area is 189 Å². The van der Waals surface area contributed by atoms with Gasteiger partial charge < -0.3 is 28.3 Å². The number of aliphatic hydroxyl groups is 1. The number of thioether (sulfide) groups is 1. The molecule has 3 saturated heterocycles. The van der Waals surface area contributed by atoms with E-state index in [1.807, 2.05) is 0 Å². The Morgan fingerprint density at radius 1 is 1.19 bits per heavy atom. The van der Waals surface area contributed by atoms with Gasteiger partial charge >= 0.3 is 19.1 Å². The van der Waals surface area contributed by atoms with E-state index < -0.39 is 55.5 Å². The van der Waals surface area contributed by atoms with Gasteiger partial charge in [0.15, 0.2) is 19.0 Å². The number of carbonyl (C=O) groups is 2. The third kappa shape index (κ3) is 5.31. The van der Waals surface area contributed by atoms with Gasteiger partial charge in [0, 0.05) is 0 Å². The zero-order valence-electron chi connectivity index (χ0n) is 19.6. The van der Waals surface area contributed by atoms with Crippen LogP contribution in [0.4, 0.5) is 0 Å². The molecular formula is C19H34BNO8SSi. The van der Waals surface area contributed by atoms with Crippen molar-refractivity contribution in [2.45, 2.75) is 80.8 Å². The first-order chi connectivity index (χ1) is 14.0. The molecule has 0 saturated carbocycles. The standard InChI is InChI=1S/C19H34BNO8SSi/c1-17(2,3)31(7,8)29-14-15-19(24,11-25-18(4,5)26-15)30-16(14)20-27-12(22)9-21(6)10-13(23)28-20/h14-16,24H,9-11H2,1-8H3/t14-,15+,16-,19+/m1/s1. The quantitative estimate of drug-likeness (QED) is 0.603. The van der Waals surface area contributed by atoms with E-state index >= 15 is 0 Å². The molecule has 4 atom stereocenters. The maximum absolute atomic E-state index is 12.4. The van der Waals surface area contributed by atoms with E-state index in [1.54, 1.807) is 20.9 Å². The van der Waals surface area contributed by atoms with Crippen LogP contribution in [0.25, 0.3) is 0 Å². The van der Waals surface area contributed by atoms with Crippen LogP contribution in [-0.4, -0.2) is 92.2 Å². The van der Waals surface area contributed by atoms with Crippen LogP contribution < -0.4 is 0 Å². The third-order valence-corrected chi connectivity index (χ3v) is 12.2. The Balaban J connectivity index is 1.96. The van der Waals surface area contributed by atoms with Gasteiger partial charge in [-0.2, -0.15) is 0 Å². The van der Waals surface area contributed by atoms with Crippen LogP contribution >= 0.6 is 11.8 Å². The molecule has 0 aromatic carbocycles. The Hall–Kier alpha value is -0.628. The Kier molecular flexibility index (Phi) is 6.69. The van der Waals surface area contributed by atoms with Crippen LogP contribution in [-0.2, 0) is 32.8 Å². The molecule has 0 spiro atoms. The van der Waals surface area contributed by atoms with Crippen molar-refractivity contribution >= 4 is 39.1 Å². The van der Waals surface area contributed by atoms with Crippen LogP contribution in [0.15, 0.2) is 0 Å². The van der Waals surface area contributed by atoms with Crippen LogP contribution in [0.3, 0.4) is 0 Å². The fourth-order valence-electron chi connectivity index (χ4n) is 3.54. The Morgan fingerprint density at radius 2 is 1.74 bits per heavy atom. The molecule has 0 amide bonds. The van der Waals surface area contributed by atoms with Gasteiger partial charge in [0.1, 0.15) is 6.10 Å². The summed E-state index contributed by atoms with van der Waals surface area (Å²) in [7, 11) is -1.89. The molecule has 0 bridgehead atoms. The van der Waals surface area contributed by atoms with Gasteiger partial charge in [-0.25, -0.2) is 0 Å². The van der Waals surface area contributed by atoms with E-state index in [-0.39, 0.29) is 24.7 Å². The molecular weight excluding hydrogens is 441 g/mol. The van der Waals surface area contributed by atoms with Gasteiger partial charge in [-0.05, 0) is 39.0 Å². The molecule has 176 valence electrons. The van der Waals surface area contributed by atoms with E-state index in [4.69, 9.17) is 23.2 Å². The topological polar surface area (TPSA) is 104 Å². The van der Waals surface area contributed by atoms with Gasteiger partial charge in [0.05, 0.1) is 30.9 Å². The molecule has 31 heavy (non-hydrogen) atoms. The van der Waals surface area contributed by atoms with Crippen molar-refractivity contribution in [3.05, 3.63) is 0 Å². The molecule has 3 fully saturated rings. The lowest BCUT2D eigenvalue weighted by Gasteiger charge is -2.46. The molecule has 3 aliphatic rings. The van der Waals surface area contributed by atoms with Crippen molar-refractivity contribution in [2.75, 3.05) is 26.7 Å². The smallest absolute Gasteiger partial charge is 0.497 e. The molecule has 0 aliphatic carbocycles. The summed E-state index contributed by atoms with van der Waals surface area (Å²) < 4.78 is 29.6. The zero-order valence-corrected chi connectivity index (χ0v) is 21.4. The predicted octanol–water partition coefficient (Wildman–Crippen LogP) is 1.39. The van der Waals surface area contributed by atoms with E-state index in [0.29, 0.717) is 0 Å². The molecule has 3 rings (SSSR count). The van der Waals surface area contributed by atoms with Crippen molar-refractivity contribution in [2.24, 2.45) is 0 Å². The van der Waals surface area contributed by atoms with Crippen LogP contribution in [0.1, 0.15) is 34.6 Å². The zero-order chi connectivity index (χ0) is 23.4. The first-order valence-electron chi connectivity index (χ1n) is 10.5. The average Bonchev–Trinajstić information content (AvgIpc) is 2.83. The first kappa shape index (κ1) is 25.0. The van der Waals surface area contributed by atoms with Crippen molar-refractivity contribution < 1.29 is 37.9 Å². The molecule has 3 heterocycles. The van der Waals surface area contributed by atoms with Gasteiger partial charge in [0.25, 0.3) is 0 Å². The van der Waals surface area contributed by atoms with Gasteiger partial charge in [-0.1, -0.05) is 20.8 Å². The van der Waals surface area contributed by atoms with E-state index in [1.165, 1.54) is 4.90 Å². The highest BCUT2D eigenvalue weighted by atomic mass is 32.2. The summed E-state index contributed by atoms with van der Waals surface area (Å²) >= 11 is 1.12. The minimum Gasteiger partial charge on any atom is -0.497 e. The number of hydrogen-bond donors (Lipinski definition) is 1. The summed E-state index contributed by atoms with van der Waals surface area (Å²) in [6, 6.07) is 0. The fraction of sp³-hybridized carbons (Fsp3) is 0.895. The SMILES string of the molecule is CN1CC(=O)OB([C@@H]2S[C@@]3(O)COC(C)(C)O[C@H]3[C@H]2O[Si](C)(C)C(C)(C)C)OC(=O)C1. The number of nitrogens with zero attached hydrogens (tertiary/aromatic N) is 1. The number of likely N-dealkylation sites (N-methyl/N-ethyl adjacent to an activating group) is 1. The van der Waals surface area contributed by atoms with E-state index in [9.17, 15) is 14.7 Å². The second kappa shape index (κ2) is 8.30. The highest BCUT2D eigenvalue weighted by Crippen LogP contribution is 2.52. The second-order valence-electron chi connectivity index (χ2n) is 10.5. The minimum atomic E-state index is -2.33. The summed E-state index contributed by atoms with van der Waals surface area (Å²) in [6.45, 7) is 14.0. The summed E-state index contributed by atoms with van der Waals surface area (Å²) in [4.78, 5) is 24.8. The average molecular weight is 475 g/mol. The Morgan fingerprint density at radius 3 is 2.26 bits per heavy atom. The fourth-order valence-corrected chi connectivity index (χ4v) is 6.41. The molecule has 0 radical (unpaired) electrons. The van der Waals surface area contributed by atoms with E-state index in [2.05, 4.69) is 33.9 Å². The monoisotopic (exact) mass is 475 g/mol. The van der Waals surface area contributed by atoms with Crippen molar-refractivity contribution in [3.63, 3.8) is 0 Å². The third-order valence-electron chi connectivity index (χ3n) is 6.24. The molecule has 12 heteroatoms. The number of rotatable bonds is 3. The Bertz CT molecular complexity index is 712. The molecule has 1 N–H and O–H groups in total. The summed E-state index contributed by atoms with van der Waals surface area (Å²) in [6.07, 6.45) is -1.41. The summed E-state index contributed by atoms with van der Waals surface area (Å²) in [5.41, 5.74) is 0. The van der Waals surface area contributed by atoms with Crippen LogP contribution in [0.5, 0.6) is 0 Å². The second-order valence-corrected chi connectivity index (χ2v) is 16.8. The van der Waals surface area contributed by atoms with Crippen molar-refractivity contribution in [3.8, 4) is 0 Å². The molecule has 3 aliphatic heterocycles. The van der Waals surface area contributed by atoms with Gasteiger partial charge in [-0.3, -0.25) is 14.5 Å². The molecule has 0 aromatic heterocycles. The largest absolute Gasteiger partial charge is 0.615 e. The lowest BCUT2D eigenvalue weighted by atomic mass is 9.78. The first-order valence-corrected chi connectivity index (χ1v) is 14.3. The normalized spacial score (nSPS) is 35.1. The summed E-state index contributed by atoms with van der Waals surface area (Å²) in [5.74, 6) is -1.93. The van der Waals surface area contributed by atoms with Gasteiger partial charge in [0.2, 0.25) is 0 Å². The number of ether oxygens (including phenoxy) is 2. The van der Waals surface area contributed by atoms with Crippen molar-refractivity contribution in [1.82, 2.24) is 4.90 Å².